The molecule has 0 saturated carbocycles. The van der Waals surface area contributed by atoms with E-state index < -0.39 is 116 Å². The van der Waals surface area contributed by atoms with Gasteiger partial charge in [0.15, 0.2) is 34.9 Å². The van der Waals surface area contributed by atoms with Crippen molar-refractivity contribution in [2.75, 3.05) is 45.8 Å². The highest BCUT2D eigenvalue weighted by Crippen LogP contribution is 2.44. The van der Waals surface area contributed by atoms with E-state index in [0.29, 0.717) is 17.1 Å². The summed E-state index contributed by atoms with van der Waals surface area (Å²) in [6.45, 7) is 22.9. The fourth-order valence-electron chi connectivity index (χ4n) is 14.0. The maximum absolute atomic E-state index is 13.9. The summed E-state index contributed by atoms with van der Waals surface area (Å²) in [5, 5.41) is 19.8. The highest BCUT2D eigenvalue weighted by atomic mass is 19.2. The molecular formula is C83H87F6N9O12. The molecule has 6 aromatic carbocycles. The lowest BCUT2D eigenvalue weighted by Crippen LogP contribution is -2.43. The Hall–Kier alpha value is -11.8. The number of H-pyrrole nitrogens is 3. The van der Waals surface area contributed by atoms with E-state index in [1.807, 2.05) is 114 Å². The Bertz CT molecular complexity index is 5190. The van der Waals surface area contributed by atoms with Crippen LogP contribution in [0.2, 0.25) is 0 Å². The quantitative estimate of drug-likeness (QED) is 0.0373. The zero-order valence-corrected chi connectivity index (χ0v) is 63.0. The maximum Gasteiger partial charge on any atom is 0.308 e. The third-order valence-electron chi connectivity index (χ3n) is 18.6. The molecule has 6 heterocycles. The van der Waals surface area contributed by atoms with Crippen molar-refractivity contribution >= 4 is 97.2 Å². The second-order valence-corrected chi connectivity index (χ2v) is 31.1. The molecule has 0 bridgehead atoms. The molecule has 12 rings (SSSR count). The van der Waals surface area contributed by atoms with Crippen LogP contribution in [-0.2, 0) is 54.5 Å². The lowest BCUT2D eigenvalue weighted by Gasteiger charge is -2.31. The third-order valence-corrected chi connectivity index (χ3v) is 18.6. The van der Waals surface area contributed by atoms with Crippen LogP contribution in [0, 0.1) is 34.9 Å². The van der Waals surface area contributed by atoms with Gasteiger partial charge in [0.25, 0.3) is 29.5 Å². The van der Waals surface area contributed by atoms with Gasteiger partial charge in [0.1, 0.15) is 11.2 Å². The average Bonchev–Trinajstić information content (AvgIpc) is 1.60. The van der Waals surface area contributed by atoms with Crippen LogP contribution < -0.4 is 16.0 Å². The number of hydrogen-bond acceptors (Lipinski definition) is 11. The lowest BCUT2D eigenvalue weighted by molar-refractivity contribution is -0.155. The molecule has 0 saturated heterocycles. The van der Waals surface area contributed by atoms with Gasteiger partial charge in [-0.05, 0) is 131 Å². The molecule has 0 radical (unpaired) electrons. The molecule has 3 aliphatic rings. The summed E-state index contributed by atoms with van der Waals surface area (Å²) in [6.07, 6.45) is 2.51. The minimum atomic E-state index is -1.15. The number of carboxylic acid groups (broad SMARTS) is 1. The second kappa shape index (κ2) is 32.2. The fourth-order valence-corrected chi connectivity index (χ4v) is 14.0. The summed E-state index contributed by atoms with van der Waals surface area (Å²) in [4.78, 5) is 130. The van der Waals surface area contributed by atoms with Gasteiger partial charge in [0, 0.05) is 130 Å². The van der Waals surface area contributed by atoms with Crippen LogP contribution in [0.5, 0.6) is 0 Å². The van der Waals surface area contributed by atoms with Crippen molar-refractivity contribution in [3.63, 3.8) is 0 Å². The zero-order valence-electron chi connectivity index (χ0n) is 63.0. The normalized spacial score (nSPS) is 15.6. The number of aliphatic carboxylic acids is 1. The van der Waals surface area contributed by atoms with Crippen LogP contribution in [0.25, 0.3) is 43.9 Å². The smallest absolute Gasteiger partial charge is 0.308 e. The van der Waals surface area contributed by atoms with E-state index in [0.717, 1.165) is 85.8 Å². The number of ether oxygens (including phenoxy) is 2. The van der Waals surface area contributed by atoms with E-state index in [1.165, 1.54) is 45.3 Å². The van der Waals surface area contributed by atoms with Gasteiger partial charge in [-0.1, -0.05) is 96.1 Å². The highest BCUT2D eigenvalue weighted by molar-refractivity contribution is 6.22. The van der Waals surface area contributed by atoms with Crippen molar-refractivity contribution < 1.29 is 84.1 Å². The fraction of sp³-hybridized carbons (Fsp3) is 0.337. The second-order valence-electron chi connectivity index (χ2n) is 31.1. The number of para-hydroxylation sites is 3. The van der Waals surface area contributed by atoms with Gasteiger partial charge in [0.05, 0.1) is 47.7 Å². The molecule has 0 aliphatic carbocycles. The van der Waals surface area contributed by atoms with Crippen LogP contribution >= 0.6 is 0 Å². The molecular weight excluding hydrogens is 1430 g/mol. The minimum Gasteiger partial charge on any atom is -0.481 e. The van der Waals surface area contributed by atoms with E-state index >= 15 is 0 Å². The first kappa shape index (κ1) is 80.8. The number of aromatic amines is 3. The average molecular weight is 1520 g/mol. The predicted octanol–water partition coefficient (Wildman–Crippen LogP) is 13.7. The third kappa shape index (κ3) is 18.5. The largest absolute Gasteiger partial charge is 0.481 e. The van der Waals surface area contributed by atoms with Crippen molar-refractivity contribution in [1.82, 2.24) is 45.6 Å². The van der Waals surface area contributed by atoms with Crippen LogP contribution in [-0.4, -0.2) is 145 Å². The number of halogens is 6. The Labute approximate surface area is 630 Å². The van der Waals surface area contributed by atoms with Gasteiger partial charge in [-0.15, -0.1) is 0 Å². The maximum atomic E-state index is 13.9. The van der Waals surface area contributed by atoms with Gasteiger partial charge in [-0.25, -0.2) is 26.3 Å². The van der Waals surface area contributed by atoms with Crippen LogP contribution in [0.15, 0.2) is 140 Å². The van der Waals surface area contributed by atoms with E-state index in [-0.39, 0.29) is 98.8 Å². The SMILES string of the molecule is CC(C)(C)OC(=O)CCNC(=O)C1=CN(C(=O)c2ccc(F)c(F)c2)CC(C)(C)c2c1[nH]c1ccccc21.CC(C)(C)OC(=O)CCNC(=O)C1CN(C(=O)c2ccc(F)c(F)c2)CC(C)(C)c2c1[nH]c1ccccc21.CC1(C)CN(C(=O)c2ccc(F)c(F)c2)C=C(C(=O)NCCC(=O)O)c2[nH]c3ccccc3c21. The molecule has 0 spiro atoms. The minimum absolute atomic E-state index is 0.000738. The highest BCUT2D eigenvalue weighted by Gasteiger charge is 2.43. The molecule has 21 nitrogen and oxygen atoms in total. The summed E-state index contributed by atoms with van der Waals surface area (Å²) in [6, 6.07) is 31.8. The number of esters is 2. The molecule has 27 heteroatoms. The van der Waals surface area contributed by atoms with E-state index in [4.69, 9.17) is 14.6 Å². The summed E-state index contributed by atoms with van der Waals surface area (Å²) >= 11 is 0. The number of rotatable bonds is 15. The molecule has 0 fully saturated rings. The Morgan fingerprint density at radius 3 is 1.20 bits per heavy atom. The number of carboxylic acids is 1. The topological polar surface area (TPSA) is 286 Å². The van der Waals surface area contributed by atoms with Gasteiger partial charge >= 0.3 is 17.9 Å². The van der Waals surface area contributed by atoms with E-state index in [1.54, 1.807) is 41.5 Å². The number of amides is 6. The lowest BCUT2D eigenvalue weighted by atomic mass is 9.81. The number of fused-ring (bicyclic) bond motifs is 9. The zero-order chi connectivity index (χ0) is 80.3. The summed E-state index contributed by atoms with van der Waals surface area (Å²) < 4.78 is 92.7. The van der Waals surface area contributed by atoms with Crippen molar-refractivity contribution in [3.8, 4) is 0 Å². The number of nitrogens with one attached hydrogen (secondary N) is 6. The van der Waals surface area contributed by atoms with Crippen molar-refractivity contribution in [3.05, 3.63) is 225 Å². The van der Waals surface area contributed by atoms with Gasteiger partial charge in [0.2, 0.25) is 5.91 Å². The standard InChI is InChI=1S/C29H33F2N3O4.C29H31F2N3O4.C25H23F2N3O4/c2*1-28(2,3)38-23(35)12-13-32-26(36)19-15-34(27(37)17-10-11-20(30)21(31)14-17)16-29(4,5)24-18-8-6-7-9-22(18)33-25(19)24;1-25(2)13-30(24(34)14-7-8-17(26)18(27)11-14)12-16(23(33)28-10-9-20(31)32)22-21(25)15-5-3-4-6-19(15)29-22/h6-11,14,19,33H,12-13,15-16H2,1-5H3,(H,32,36);6-11,14-15,33H,12-13,16H2,1-5H3,(H,32,36);3-8,11-12,29H,9-10,13H2,1-2H3,(H,28,33)(H,31,32). The Morgan fingerprint density at radius 1 is 0.455 bits per heavy atom. The number of carbonyl (C=O) groups excluding carboxylic acids is 8. The molecule has 110 heavy (non-hydrogen) atoms. The van der Waals surface area contributed by atoms with Crippen molar-refractivity contribution in [2.24, 2.45) is 0 Å². The van der Waals surface area contributed by atoms with Crippen molar-refractivity contribution in [1.29, 1.82) is 0 Å². The molecule has 9 aromatic rings. The first-order chi connectivity index (χ1) is 51.6. The number of aromatic nitrogens is 3. The number of carbonyl (C=O) groups is 9. The van der Waals surface area contributed by atoms with E-state index in [2.05, 4.69) is 30.9 Å². The Balaban J connectivity index is 0.000000176. The first-order valence-electron chi connectivity index (χ1n) is 35.7. The first-order valence-corrected chi connectivity index (χ1v) is 35.7. The molecule has 3 aromatic heterocycles. The number of benzene rings is 6. The summed E-state index contributed by atoms with van der Waals surface area (Å²) in [5.41, 5.74) is 3.95. The van der Waals surface area contributed by atoms with Gasteiger partial charge < -0.3 is 60.2 Å². The Morgan fingerprint density at radius 2 is 0.809 bits per heavy atom. The monoisotopic (exact) mass is 1520 g/mol. The van der Waals surface area contributed by atoms with E-state index in [9.17, 15) is 69.5 Å². The summed E-state index contributed by atoms with van der Waals surface area (Å²) in [5.74, 6) is -12.4. The number of hydrogen-bond donors (Lipinski definition) is 7. The molecule has 1 unspecified atom stereocenters. The van der Waals surface area contributed by atoms with Gasteiger partial charge in [-0.2, -0.15) is 0 Å². The van der Waals surface area contributed by atoms with Gasteiger partial charge in [-0.3, -0.25) is 43.2 Å². The number of nitrogens with zero attached hydrogens (tertiary/aromatic N) is 3. The molecule has 3 aliphatic heterocycles. The van der Waals surface area contributed by atoms with Crippen molar-refractivity contribution in [2.45, 2.75) is 136 Å². The molecule has 578 valence electrons. The van der Waals surface area contributed by atoms with Crippen LogP contribution in [0.4, 0.5) is 26.3 Å². The summed E-state index contributed by atoms with van der Waals surface area (Å²) in [7, 11) is 0. The molecule has 6 amide bonds. The molecule has 1 atom stereocenters. The van der Waals surface area contributed by atoms with Crippen LogP contribution in [0.1, 0.15) is 173 Å². The Kier molecular flexibility index (Phi) is 23.6. The molecule has 7 N–H and O–H groups in total. The van der Waals surface area contributed by atoms with Crippen LogP contribution in [0.3, 0.4) is 0 Å². The predicted molar refractivity (Wildman–Crippen MR) is 402 cm³/mol.